The molecule has 0 saturated carbocycles. The molecular weight excluding hydrogens is 383 g/mol. The summed E-state index contributed by atoms with van der Waals surface area (Å²) in [7, 11) is -2.12. The first kappa shape index (κ1) is 19.0. The van der Waals surface area contributed by atoms with Gasteiger partial charge in [-0.05, 0) is 43.2 Å². The number of carbonyl (C=O) groups excluding carboxylic acids is 1. The molecular formula is C20H21FN2O4S. The molecule has 1 unspecified atom stereocenters. The average Bonchev–Trinajstić information content (AvgIpc) is 2.69. The molecule has 1 amide bonds. The van der Waals surface area contributed by atoms with Crippen molar-refractivity contribution in [2.24, 2.45) is 0 Å². The van der Waals surface area contributed by atoms with E-state index in [0.29, 0.717) is 18.5 Å². The molecule has 148 valence electrons. The summed E-state index contributed by atoms with van der Waals surface area (Å²) in [4.78, 5) is 14.4. The molecule has 0 N–H and O–H groups in total. The zero-order valence-corrected chi connectivity index (χ0v) is 16.2. The Hall–Kier alpha value is -2.29. The third-order valence-electron chi connectivity index (χ3n) is 5.65. The molecule has 0 aromatic heterocycles. The Labute approximate surface area is 163 Å². The van der Waals surface area contributed by atoms with Crippen LogP contribution in [0.4, 0.5) is 10.1 Å². The number of rotatable bonds is 4. The van der Waals surface area contributed by atoms with Gasteiger partial charge >= 0.3 is 0 Å². The molecule has 6 nitrogen and oxygen atoms in total. The van der Waals surface area contributed by atoms with Crippen molar-refractivity contribution >= 4 is 21.6 Å². The number of β-lactam (4-membered cyclic amide) rings is 1. The van der Waals surface area contributed by atoms with Gasteiger partial charge in [0.05, 0.1) is 10.4 Å². The van der Waals surface area contributed by atoms with Gasteiger partial charge in [-0.3, -0.25) is 4.79 Å². The second-order valence-electron chi connectivity index (χ2n) is 7.09. The highest BCUT2D eigenvalue weighted by atomic mass is 32.2. The summed E-state index contributed by atoms with van der Waals surface area (Å²) >= 11 is 0. The van der Waals surface area contributed by atoms with Gasteiger partial charge in [0.15, 0.2) is 6.10 Å². The van der Waals surface area contributed by atoms with E-state index < -0.39 is 27.5 Å². The summed E-state index contributed by atoms with van der Waals surface area (Å²) in [5.41, 5.74) is -0.194. The van der Waals surface area contributed by atoms with Crippen molar-refractivity contribution in [1.82, 2.24) is 4.31 Å². The molecule has 2 saturated heterocycles. The number of halogens is 1. The number of benzene rings is 2. The summed E-state index contributed by atoms with van der Waals surface area (Å²) in [5.74, 6) is -0.655. The molecule has 2 aliphatic heterocycles. The van der Waals surface area contributed by atoms with Crippen molar-refractivity contribution in [2.75, 3.05) is 25.1 Å². The minimum atomic E-state index is -3.59. The topological polar surface area (TPSA) is 66.9 Å². The maximum absolute atomic E-state index is 13.7. The fourth-order valence-corrected chi connectivity index (χ4v) is 5.74. The number of carbonyl (C=O) groups is 1. The van der Waals surface area contributed by atoms with Gasteiger partial charge in [0.2, 0.25) is 10.0 Å². The molecule has 1 spiro atoms. The Balaban J connectivity index is 1.60. The van der Waals surface area contributed by atoms with E-state index in [-0.39, 0.29) is 23.9 Å². The average molecular weight is 404 g/mol. The zero-order chi connectivity index (χ0) is 19.9. The summed E-state index contributed by atoms with van der Waals surface area (Å²) in [5, 5.41) is 0. The van der Waals surface area contributed by atoms with Gasteiger partial charge in [-0.1, -0.05) is 24.3 Å². The van der Waals surface area contributed by atoms with E-state index in [2.05, 4.69) is 0 Å². The van der Waals surface area contributed by atoms with Gasteiger partial charge < -0.3 is 9.64 Å². The van der Waals surface area contributed by atoms with Crippen molar-refractivity contribution in [2.45, 2.75) is 29.4 Å². The van der Waals surface area contributed by atoms with Gasteiger partial charge in [0.1, 0.15) is 5.82 Å². The summed E-state index contributed by atoms with van der Waals surface area (Å²) < 4.78 is 46.3. The molecule has 0 bridgehead atoms. The van der Waals surface area contributed by atoms with E-state index in [1.54, 1.807) is 47.4 Å². The Morgan fingerprint density at radius 3 is 2.36 bits per heavy atom. The van der Waals surface area contributed by atoms with E-state index in [9.17, 15) is 17.6 Å². The molecule has 1 atom stereocenters. The number of hydrogen-bond acceptors (Lipinski definition) is 4. The lowest BCUT2D eigenvalue weighted by molar-refractivity contribution is -0.150. The normalized spacial score (nSPS) is 22.3. The Bertz CT molecular complexity index is 988. The molecule has 8 heteroatoms. The van der Waals surface area contributed by atoms with Crippen LogP contribution in [0.3, 0.4) is 0 Å². The summed E-state index contributed by atoms with van der Waals surface area (Å²) in [6, 6.07) is 14.2. The van der Waals surface area contributed by atoms with Gasteiger partial charge in [-0.25, -0.2) is 12.8 Å². The Morgan fingerprint density at radius 2 is 1.75 bits per heavy atom. The monoisotopic (exact) mass is 404 g/mol. The molecule has 4 rings (SSSR count). The Kier molecular flexibility index (Phi) is 4.73. The fraction of sp³-hybridized carbons (Fsp3) is 0.350. The number of hydrogen-bond donors (Lipinski definition) is 0. The van der Waals surface area contributed by atoms with Crippen LogP contribution in [-0.4, -0.2) is 50.5 Å². The van der Waals surface area contributed by atoms with Crippen molar-refractivity contribution in [3.05, 3.63) is 60.4 Å². The van der Waals surface area contributed by atoms with Gasteiger partial charge in [0, 0.05) is 25.9 Å². The Morgan fingerprint density at radius 1 is 1.07 bits per heavy atom. The second-order valence-corrected chi connectivity index (χ2v) is 9.03. The number of nitrogens with zero attached hydrogens (tertiary/aromatic N) is 2. The lowest BCUT2D eigenvalue weighted by atomic mass is 9.73. The SMILES string of the molecule is COC1C(=O)N(c2cccc(F)c2)C12CCN(S(=O)(=O)c1ccccc1)CC2. The molecule has 2 aromatic rings. The van der Waals surface area contributed by atoms with Crippen LogP contribution in [0.25, 0.3) is 0 Å². The third-order valence-corrected chi connectivity index (χ3v) is 7.56. The quantitative estimate of drug-likeness (QED) is 0.734. The molecule has 2 heterocycles. The van der Waals surface area contributed by atoms with Crippen molar-refractivity contribution in [3.8, 4) is 0 Å². The number of ether oxygens (including phenoxy) is 1. The second kappa shape index (κ2) is 6.95. The molecule has 2 aromatic carbocycles. The van der Waals surface area contributed by atoms with Crippen LogP contribution in [-0.2, 0) is 19.6 Å². The van der Waals surface area contributed by atoms with E-state index in [4.69, 9.17) is 4.74 Å². The van der Waals surface area contributed by atoms with Crippen LogP contribution < -0.4 is 4.90 Å². The standard InChI is InChI=1S/C20H21FN2O4S/c1-27-18-19(24)23(16-7-5-6-15(21)14-16)20(18)10-12-22(13-11-20)28(25,26)17-8-3-2-4-9-17/h2-9,14,18H,10-13H2,1H3. The highest BCUT2D eigenvalue weighted by molar-refractivity contribution is 7.89. The van der Waals surface area contributed by atoms with E-state index in [0.717, 1.165) is 0 Å². The molecule has 0 aliphatic carbocycles. The smallest absolute Gasteiger partial charge is 0.259 e. The van der Waals surface area contributed by atoms with Crippen LogP contribution >= 0.6 is 0 Å². The third kappa shape index (κ3) is 2.83. The largest absolute Gasteiger partial charge is 0.369 e. The van der Waals surface area contributed by atoms with Gasteiger partial charge in [-0.15, -0.1) is 0 Å². The van der Waals surface area contributed by atoms with Crippen molar-refractivity contribution in [1.29, 1.82) is 0 Å². The van der Waals surface area contributed by atoms with E-state index >= 15 is 0 Å². The number of anilines is 1. The first-order valence-corrected chi connectivity index (χ1v) is 10.5. The van der Waals surface area contributed by atoms with Gasteiger partial charge in [0.25, 0.3) is 5.91 Å². The van der Waals surface area contributed by atoms with Crippen LogP contribution in [0.15, 0.2) is 59.5 Å². The first-order valence-electron chi connectivity index (χ1n) is 9.08. The number of sulfonamides is 1. The lowest BCUT2D eigenvalue weighted by Gasteiger charge is -2.59. The lowest BCUT2D eigenvalue weighted by Crippen LogP contribution is -2.77. The minimum Gasteiger partial charge on any atom is -0.369 e. The number of methoxy groups -OCH3 is 1. The predicted molar refractivity (Wildman–Crippen MR) is 102 cm³/mol. The van der Waals surface area contributed by atoms with E-state index in [1.165, 1.54) is 23.5 Å². The predicted octanol–water partition coefficient (Wildman–Crippen LogP) is 2.41. The maximum Gasteiger partial charge on any atom is 0.259 e. The highest BCUT2D eigenvalue weighted by Gasteiger charge is 2.62. The zero-order valence-electron chi connectivity index (χ0n) is 15.4. The first-order chi connectivity index (χ1) is 13.4. The van der Waals surface area contributed by atoms with Gasteiger partial charge in [-0.2, -0.15) is 4.31 Å². The van der Waals surface area contributed by atoms with Crippen molar-refractivity contribution in [3.63, 3.8) is 0 Å². The molecule has 2 fully saturated rings. The number of amides is 1. The minimum absolute atomic E-state index is 0.229. The molecule has 2 aliphatic rings. The van der Waals surface area contributed by atoms with Crippen LogP contribution in [0, 0.1) is 5.82 Å². The van der Waals surface area contributed by atoms with Crippen molar-refractivity contribution < 1.29 is 22.3 Å². The summed E-state index contributed by atoms with van der Waals surface area (Å²) in [6.45, 7) is 0.520. The van der Waals surface area contributed by atoms with Crippen LogP contribution in [0.5, 0.6) is 0 Å². The van der Waals surface area contributed by atoms with Crippen LogP contribution in [0.2, 0.25) is 0 Å². The molecule has 28 heavy (non-hydrogen) atoms. The molecule has 0 radical (unpaired) electrons. The summed E-state index contributed by atoms with van der Waals surface area (Å²) in [6.07, 6.45) is 0.178. The highest BCUT2D eigenvalue weighted by Crippen LogP contribution is 2.46. The fourth-order valence-electron chi connectivity index (χ4n) is 4.28. The maximum atomic E-state index is 13.7. The number of piperidine rings is 1. The van der Waals surface area contributed by atoms with Crippen LogP contribution in [0.1, 0.15) is 12.8 Å². The van der Waals surface area contributed by atoms with E-state index in [1.807, 2.05) is 0 Å².